The number of aromatic nitrogens is 2. The Hall–Kier alpha value is -2.73. The zero-order chi connectivity index (χ0) is 21.2. The highest BCUT2D eigenvalue weighted by Crippen LogP contribution is 2.26. The van der Waals surface area contributed by atoms with Gasteiger partial charge in [-0.25, -0.2) is 9.37 Å². The molecule has 2 aromatic carbocycles. The number of benzene rings is 2. The van der Waals surface area contributed by atoms with Crippen molar-refractivity contribution in [2.24, 2.45) is 5.92 Å². The zero-order valence-corrected chi connectivity index (χ0v) is 17.8. The molecule has 0 N–H and O–H groups in total. The minimum atomic E-state index is -0.246. The Morgan fingerprint density at radius 1 is 0.968 bits per heavy atom. The Labute approximate surface area is 182 Å². The molecule has 3 heterocycles. The highest BCUT2D eigenvalue weighted by molar-refractivity contribution is 5.79. The van der Waals surface area contributed by atoms with Gasteiger partial charge in [0.25, 0.3) is 0 Å². The summed E-state index contributed by atoms with van der Waals surface area (Å²) in [4.78, 5) is 22.4. The van der Waals surface area contributed by atoms with Crippen molar-refractivity contribution in [1.82, 2.24) is 19.4 Å². The summed E-state index contributed by atoms with van der Waals surface area (Å²) in [5.74, 6) is 1.09. The number of para-hydroxylation sites is 2. The highest BCUT2D eigenvalue weighted by atomic mass is 19.1. The van der Waals surface area contributed by atoms with Crippen LogP contribution in [0.15, 0.2) is 48.5 Å². The quantitative estimate of drug-likeness (QED) is 0.629. The van der Waals surface area contributed by atoms with Crippen LogP contribution in [0.25, 0.3) is 16.7 Å². The number of likely N-dealkylation sites (tertiary alicyclic amines) is 2. The van der Waals surface area contributed by atoms with E-state index >= 15 is 0 Å². The third kappa shape index (κ3) is 4.22. The maximum absolute atomic E-state index is 13.5. The van der Waals surface area contributed by atoms with Crippen molar-refractivity contribution >= 4 is 16.9 Å². The molecule has 0 radical (unpaired) electrons. The van der Waals surface area contributed by atoms with Crippen LogP contribution in [-0.4, -0.2) is 51.4 Å². The van der Waals surface area contributed by atoms with E-state index in [9.17, 15) is 9.18 Å². The van der Waals surface area contributed by atoms with Crippen LogP contribution in [0.5, 0.6) is 0 Å². The van der Waals surface area contributed by atoms with Crippen molar-refractivity contribution in [2.75, 3.05) is 26.2 Å². The lowest BCUT2D eigenvalue weighted by Gasteiger charge is -2.36. The number of rotatable bonds is 4. The lowest BCUT2D eigenvalue weighted by Crippen LogP contribution is -2.46. The predicted octanol–water partition coefficient (Wildman–Crippen LogP) is 4.39. The zero-order valence-electron chi connectivity index (χ0n) is 17.8. The number of imidazole rings is 1. The van der Waals surface area contributed by atoms with Crippen LogP contribution in [0.4, 0.5) is 4.39 Å². The Bertz CT molecular complexity index is 1060. The second-order valence-electron chi connectivity index (χ2n) is 8.79. The Kier molecular flexibility index (Phi) is 5.72. The summed E-state index contributed by atoms with van der Waals surface area (Å²) in [6.45, 7) is 4.25. The van der Waals surface area contributed by atoms with Crippen LogP contribution in [-0.2, 0) is 11.3 Å². The van der Waals surface area contributed by atoms with E-state index in [1.165, 1.54) is 18.6 Å². The van der Waals surface area contributed by atoms with Gasteiger partial charge in [-0.1, -0.05) is 12.1 Å². The molecule has 1 amide bonds. The van der Waals surface area contributed by atoms with Gasteiger partial charge in [0.1, 0.15) is 11.6 Å². The second kappa shape index (κ2) is 8.79. The topological polar surface area (TPSA) is 41.4 Å². The molecule has 2 fully saturated rings. The molecule has 0 aliphatic carbocycles. The van der Waals surface area contributed by atoms with E-state index in [0.717, 1.165) is 74.4 Å². The number of piperidine rings is 2. The molecule has 2 saturated heterocycles. The predicted molar refractivity (Wildman–Crippen MR) is 119 cm³/mol. The molecule has 5 nitrogen and oxygen atoms in total. The van der Waals surface area contributed by atoms with Gasteiger partial charge in [0.05, 0.1) is 23.5 Å². The monoisotopic (exact) mass is 420 g/mol. The molecule has 0 saturated carbocycles. The summed E-state index contributed by atoms with van der Waals surface area (Å²) >= 11 is 0. The van der Waals surface area contributed by atoms with Crippen LogP contribution < -0.4 is 0 Å². The minimum absolute atomic E-state index is 0.0792. The summed E-state index contributed by atoms with van der Waals surface area (Å²) in [5.41, 5.74) is 2.85. The van der Waals surface area contributed by atoms with Gasteiger partial charge in [-0.3, -0.25) is 14.3 Å². The molecule has 0 spiro atoms. The Morgan fingerprint density at radius 2 is 1.74 bits per heavy atom. The molecular formula is C25H29FN4O. The van der Waals surface area contributed by atoms with Crippen molar-refractivity contribution in [1.29, 1.82) is 0 Å². The van der Waals surface area contributed by atoms with Gasteiger partial charge in [0.15, 0.2) is 0 Å². The van der Waals surface area contributed by atoms with Crippen molar-refractivity contribution in [3.8, 4) is 5.69 Å². The highest BCUT2D eigenvalue weighted by Gasteiger charge is 2.30. The summed E-state index contributed by atoms with van der Waals surface area (Å²) in [6.07, 6.45) is 5.50. The van der Waals surface area contributed by atoms with Gasteiger partial charge in [-0.15, -0.1) is 0 Å². The lowest BCUT2D eigenvalue weighted by atomic mass is 9.95. The maximum atomic E-state index is 13.5. The van der Waals surface area contributed by atoms with Crippen molar-refractivity contribution in [3.63, 3.8) is 0 Å². The average molecular weight is 421 g/mol. The third-order valence-corrected chi connectivity index (χ3v) is 6.60. The first kappa shape index (κ1) is 20.2. The fraction of sp³-hybridized carbons (Fsp3) is 0.440. The van der Waals surface area contributed by atoms with E-state index in [4.69, 9.17) is 4.98 Å². The number of carbonyl (C=O) groups is 1. The fourth-order valence-corrected chi connectivity index (χ4v) is 5.03. The smallest absolute Gasteiger partial charge is 0.226 e. The summed E-state index contributed by atoms with van der Waals surface area (Å²) in [5, 5.41) is 0. The first-order valence-electron chi connectivity index (χ1n) is 11.4. The van der Waals surface area contributed by atoms with Crippen molar-refractivity contribution < 1.29 is 9.18 Å². The maximum Gasteiger partial charge on any atom is 0.226 e. The normalized spacial score (nSPS) is 20.3. The standard InChI is InChI=1S/C25H29FN4O/c26-20-10-12-21(13-11-20)30-23-9-3-2-8-22(23)27-24(30)18-28-14-6-7-19(17-28)25(31)29-15-4-1-5-16-29/h2-3,8-13,19H,1,4-7,14-18H2/t19-/m0/s1. The molecule has 2 aliphatic rings. The van der Waals surface area contributed by atoms with E-state index < -0.39 is 0 Å². The van der Waals surface area contributed by atoms with Gasteiger partial charge >= 0.3 is 0 Å². The second-order valence-corrected chi connectivity index (χ2v) is 8.79. The summed E-state index contributed by atoms with van der Waals surface area (Å²) in [6, 6.07) is 14.6. The number of hydrogen-bond acceptors (Lipinski definition) is 3. The van der Waals surface area contributed by atoms with Crippen LogP contribution in [0.2, 0.25) is 0 Å². The average Bonchev–Trinajstić information content (AvgIpc) is 3.17. The van der Waals surface area contributed by atoms with Gasteiger partial charge in [0, 0.05) is 25.3 Å². The molecule has 31 heavy (non-hydrogen) atoms. The molecule has 5 rings (SSSR count). The SMILES string of the molecule is O=C([C@H]1CCCN(Cc2nc3ccccc3n2-c2ccc(F)cc2)C1)N1CCCCC1. The molecule has 0 unspecified atom stereocenters. The largest absolute Gasteiger partial charge is 0.342 e. The molecule has 0 bridgehead atoms. The number of halogens is 1. The molecular weight excluding hydrogens is 391 g/mol. The van der Waals surface area contributed by atoms with Crippen molar-refractivity contribution in [2.45, 2.75) is 38.6 Å². The molecule has 162 valence electrons. The number of amides is 1. The number of carbonyl (C=O) groups excluding carboxylic acids is 1. The molecule has 1 atom stereocenters. The molecule has 2 aliphatic heterocycles. The Morgan fingerprint density at radius 3 is 2.55 bits per heavy atom. The first-order valence-corrected chi connectivity index (χ1v) is 11.4. The summed E-state index contributed by atoms with van der Waals surface area (Å²) < 4.78 is 15.6. The van der Waals surface area contributed by atoms with Gasteiger partial charge in [0.2, 0.25) is 5.91 Å². The number of fused-ring (bicyclic) bond motifs is 1. The van der Waals surface area contributed by atoms with Crippen LogP contribution in [0.1, 0.15) is 37.9 Å². The van der Waals surface area contributed by atoms with E-state index in [0.29, 0.717) is 12.5 Å². The molecule has 1 aromatic heterocycles. The Balaban J connectivity index is 1.39. The number of nitrogens with zero attached hydrogens (tertiary/aromatic N) is 4. The van der Waals surface area contributed by atoms with E-state index in [1.807, 2.05) is 24.3 Å². The fourth-order valence-electron chi connectivity index (χ4n) is 5.03. The number of hydrogen-bond donors (Lipinski definition) is 0. The van der Waals surface area contributed by atoms with Gasteiger partial charge in [-0.05, 0) is 75.0 Å². The van der Waals surface area contributed by atoms with E-state index in [1.54, 1.807) is 12.1 Å². The lowest BCUT2D eigenvalue weighted by molar-refractivity contribution is -0.138. The first-order chi connectivity index (χ1) is 15.2. The summed E-state index contributed by atoms with van der Waals surface area (Å²) in [7, 11) is 0. The van der Waals surface area contributed by atoms with Gasteiger partial charge in [-0.2, -0.15) is 0 Å². The molecule has 3 aromatic rings. The van der Waals surface area contributed by atoms with Gasteiger partial charge < -0.3 is 4.90 Å². The third-order valence-electron chi connectivity index (χ3n) is 6.60. The molecule has 6 heteroatoms. The van der Waals surface area contributed by atoms with Crippen LogP contribution in [0.3, 0.4) is 0 Å². The van der Waals surface area contributed by atoms with E-state index in [-0.39, 0.29) is 11.7 Å². The van der Waals surface area contributed by atoms with Crippen LogP contribution in [0, 0.1) is 11.7 Å². The van der Waals surface area contributed by atoms with Crippen LogP contribution >= 0.6 is 0 Å². The minimum Gasteiger partial charge on any atom is -0.342 e. The van der Waals surface area contributed by atoms with Crippen molar-refractivity contribution in [3.05, 3.63) is 60.2 Å². The van der Waals surface area contributed by atoms with E-state index in [2.05, 4.69) is 14.4 Å².